The first kappa shape index (κ1) is 17.8. The van der Waals surface area contributed by atoms with Crippen molar-refractivity contribution in [1.82, 2.24) is 5.32 Å². The van der Waals surface area contributed by atoms with Gasteiger partial charge in [0.05, 0.1) is 10.7 Å². The van der Waals surface area contributed by atoms with Gasteiger partial charge in [-0.05, 0) is 55.3 Å². The van der Waals surface area contributed by atoms with E-state index in [4.69, 9.17) is 11.6 Å². The minimum absolute atomic E-state index is 0.0490. The van der Waals surface area contributed by atoms with E-state index in [1.165, 1.54) is 12.1 Å². The first-order valence-electron chi connectivity index (χ1n) is 7.71. The number of anilines is 1. The quantitative estimate of drug-likeness (QED) is 0.644. The van der Waals surface area contributed by atoms with Crippen LogP contribution < -0.4 is 10.2 Å². The summed E-state index contributed by atoms with van der Waals surface area (Å²) in [5.74, 6) is -2.43. The summed E-state index contributed by atoms with van der Waals surface area (Å²) in [6.07, 6.45) is 1.05. The molecule has 0 aromatic heterocycles. The summed E-state index contributed by atoms with van der Waals surface area (Å²) in [7, 11) is 0. The highest BCUT2D eigenvalue weighted by atomic mass is 35.5. The molecule has 132 valence electrons. The fourth-order valence-electron chi connectivity index (χ4n) is 2.76. The van der Waals surface area contributed by atoms with Gasteiger partial charge in [-0.15, -0.1) is 0 Å². The zero-order valence-electron chi connectivity index (χ0n) is 14.0. The molecule has 0 radical (unpaired) electrons. The van der Waals surface area contributed by atoms with Crippen molar-refractivity contribution >= 4 is 41.2 Å². The summed E-state index contributed by atoms with van der Waals surface area (Å²) in [6, 6.07) is 8.33. The van der Waals surface area contributed by atoms with Crippen molar-refractivity contribution in [3.63, 3.8) is 0 Å². The molecule has 26 heavy (non-hydrogen) atoms. The number of nitrogens with zero attached hydrogens (tertiary/aromatic N) is 1. The molecule has 2 aromatic rings. The lowest BCUT2D eigenvalue weighted by Crippen LogP contribution is -2.54. The van der Waals surface area contributed by atoms with E-state index < -0.39 is 23.7 Å². The number of imide groups is 2. The Morgan fingerprint density at radius 1 is 1.08 bits per heavy atom. The number of hydrogen-bond acceptors (Lipinski definition) is 3. The highest BCUT2D eigenvalue weighted by Gasteiger charge is 2.37. The number of barbiturate groups is 1. The van der Waals surface area contributed by atoms with Crippen LogP contribution in [0.3, 0.4) is 0 Å². The van der Waals surface area contributed by atoms with Gasteiger partial charge in [0.15, 0.2) is 0 Å². The van der Waals surface area contributed by atoms with E-state index in [1.54, 1.807) is 12.1 Å². The van der Waals surface area contributed by atoms with E-state index in [1.807, 2.05) is 19.9 Å². The Hall–Kier alpha value is -2.99. The third kappa shape index (κ3) is 3.23. The van der Waals surface area contributed by atoms with Gasteiger partial charge in [0, 0.05) is 5.56 Å². The molecule has 1 heterocycles. The van der Waals surface area contributed by atoms with Gasteiger partial charge >= 0.3 is 6.03 Å². The van der Waals surface area contributed by atoms with Crippen LogP contribution in [0, 0.1) is 19.7 Å². The number of nitrogens with one attached hydrogen (secondary N) is 1. The molecule has 0 spiro atoms. The Labute approximate surface area is 154 Å². The van der Waals surface area contributed by atoms with Crippen molar-refractivity contribution in [2.75, 3.05) is 4.90 Å². The summed E-state index contributed by atoms with van der Waals surface area (Å²) in [5.41, 5.74) is 1.54. The molecule has 0 unspecified atom stereocenters. The van der Waals surface area contributed by atoms with Crippen LogP contribution >= 0.6 is 11.6 Å². The lowest BCUT2D eigenvalue weighted by Gasteiger charge is -2.27. The first-order chi connectivity index (χ1) is 12.3. The molecule has 7 heteroatoms. The monoisotopic (exact) mass is 372 g/mol. The maximum Gasteiger partial charge on any atom is 0.335 e. The first-order valence-corrected chi connectivity index (χ1v) is 8.09. The van der Waals surface area contributed by atoms with Gasteiger partial charge in [0.25, 0.3) is 11.8 Å². The molecule has 2 aromatic carbocycles. The summed E-state index contributed by atoms with van der Waals surface area (Å²) in [4.78, 5) is 38.0. The standard InChI is InChI=1S/C19H14ClFN2O3/c1-10-6-11(2)8-12(7-10)23-18(25)14(17(24)22-19(23)26)9-13-15(20)4-3-5-16(13)21/h3-9H,1-2H3,(H,22,24,26)/b14-9+. The van der Waals surface area contributed by atoms with E-state index in [9.17, 15) is 18.8 Å². The van der Waals surface area contributed by atoms with Gasteiger partial charge in [-0.2, -0.15) is 0 Å². The second kappa shape index (κ2) is 6.72. The second-order valence-corrected chi connectivity index (χ2v) is 6.35. The van der Waals surface area contributed by atoms with Crippen LogP contribution in [-0.2, 0) is 9.59 Å². The lowest BCUT2D eigenvalue weighted by molar-refractivity contribution is -0.122. The molecule has 0 atom stereocenters. The van der Waals surface area contributed by atoms with Crippen LogP contribution in [-0.4, -0.2) is 17.8 Å². The van der Waals surface area contributed by atoms with Crippen molar-refractivity contribution in [2.24, 2.45) is 0 Å². The number of halogens is 2. The third-order valence-corrected chi connectivity index (χ3v) is 4.18. The number of carbonyl (C=O) groups is 3. The summed E-state index contributed by atoms with van der Waals surface area (Å²) >= 11 is 5.96. The van der Waals surface area contributed by atoms with Crippen LogP contribution in [0.2, 0.25) is 5.02 Å². The Balaban J connectivity index is 2.10. The number of benzene rings is 2. The smallest absolute Gasteiger partial charge is 0.273 e. The predicted molar refractivity (Wildman–Crippen MR) is 96.3 cm³/mol. The van der Waals surface area contributed by atoms with Crippen molar-refractivity contribution in [3.05, 3.63) is 69.5 Å². The molecule has 5 nitrogen and oxygen atoms in total. The normalized spacial score (nSPS) is 16.2. The van der Waals surface area contributed by atoms with Crippen molar-refractivity contribution in [3.8, 4) is 0 Å². The lowest BCUT2D eigenvalue weighted by atomic mass is 10.1. The Kier molecular flexibility index (Phi) is 4.61. The van der Waals surface area contributed by atoms with Gasteiger partial charge in [-0.3, -0.25) is 14.9 Å². The Bertz CT molecular complexity index is 944. The number of urea groups is 1. The van der Waals surface area contributed by atoms with Crippen LogP contribution in [0.4, 0.5) is 14.9 Å². The highest BCUT2D eigenvalue weighted by molar-refractivity contribution is 6.39. The van der Waals surface area contributed by atoms with Gasteiger partial charge < -0.3 is 0 Å². The number of rotatable bonds is 2. The molecule has 1 saturated heterocycles. The molecule has 1 N–H and O–H groups in total. The fraction of sp³-hybridized carbons (Fsp3) is 0.105. The van der Waals surface area contributed by atoms with Crippen molar-refractivity contribution in [2.45, 2.75) is 13.8 Å². The van der Waals surface area contributed by atoms with Crippen molar-refractivity contribution in [1.29, 1.82) is 0 Å². The maximum absolute atomic E-state index is 14.0. The maximum atomic E-state index is 14.0. The van der Waals surface area contributed by atoms with Crippen molar-refractivity contribution < 1.29 is 18.8 Å². The SMILES string of the molecule is Cc1cc(C)cc(N2C(=O)NC(=O)/C(=C\c3c(F)cccc3Cl)C2=O)c1. The summed E-state index contributed by atoms with van der Waals surface area (Å²) in [6.45, 7) is 3.65. The third-order valence-electron chi connectivity index (χ3n) is 3.85. The molecule has 1 aliphatic rings. The molecular weight excluding hydrogens is 359 g/mol. The largest absolute Gasteiger partial charge is 0.335 e. The number of aryl methyl sites for hydroxylation is 2. The van der Waals surface area contributed by atoms with Crippen LogP contribution in [0.15, 0.2) is 42.0 Å². The van der Waals surface area contributed by atoms with E-state index in [2.05, 4.69) is 5.32 Å². The second-order valence-electron chi connectivity index (χ2n) is 5.94. The topological polar surface area (TPSA) is 66.5 Å². The minimum Gasteiger partial charge on any atom is -0.273 e. The molecule has 1 aliphatic heterocycles. The predicted octanol–water partition coefficient (Wildman–Crippen LogP) is 3.76. The summed E-state index contributed by atoms with van der Waals surface area (Å²) < 4.78 is 14.0. The molecule has 0 aliphatic carbocycles. The molecule has 3 rings (SSSR count). The average Bonchev–Trinajstić information content (AvgIpc) is 2.52. The molecule has 0 bridgehead atoms. The van der Waals surface area contributed by atoms with E-state index in [0.29, 0.717) is 5.69 Å². The van der Waals surface area contributed by atoms with Gasteiger partial charge in [-0.1, -0.05) is 23.7 Å². The Morgan fingerprint density at radius 2 is 1.73 bits per heavy atom. The summed E-state index contributed by atoms with van der Waals surface area (Å²) in [5, 5.41) is 2.15. The zero-order chi connectivity index (χ0) is 19.0. The number of hydrogen-bond donors (Lipinski definition) is 1. The molecule has 0 saturated carbocycles. The number of carbonyl (C=O) groups excluding carboxylic acids is 3. The van der Waals surface area contributed by atoms with Crippen LogP contribution in [0.25, 0.3) is 6.08 Å². The molecular formula is C19H14ClFN2O3. The van der Waals surface area contributed by atoms with Gasteiger partial charge in [0.2, 0.25) is 0 Å². The minimum atomic E-state index is -0.903. The molecule has 4 amide bonds. The Morgan fingerprint density at radius 3 is 2.35 bits per heavy atom. The van der Waals surface area contributed by atoms with Gasteiger partial charge in [-0.25, -0.2) is 14.1 Å². The van der Waals surface area contributed by atoms with E-state index in [0.717, 1.165) is 28.2 Å². The highest BCUT2D eigenvalue weighted by Crippen LogP contribution is 2.26. The van der Waals surface area contributed by atoms with Crippen LogP contribution in [0.1, 0.15) is 16.7 Å². The zero-order valence-corrected chi connectivity index (χ0v) is 14.7. The average molecular weight is 373 g/mol. The number of amides is 4. The molecule has 1 fully saturated rings. The van der Waals surface area contributed by atoms with E-state index >= 15 is 0 Å². The van der Waals surface area contributed by atoms with E-state index in [-0.39, 0.29) is 16.2 Å². The fourth-order valence-corrected chi connectivity index (χ4v) is 2.98. The van der Waals surface area contributed by atoms with Gasteiger partial charge in [0.1, 0.15) is 11.4 Å². The van der Waals surface area contributed by atoms with Crippen LogP contribution in [0.5, 0.6) is 0 Å².